The molecule has 0 bridgehead atoms. The molecule has 1 unspecified atom stereocenters. The third-order valence-corrected chi connectivity index (χ3v) is 4.37. The number of aliphatic hydroxyl groups is 1. The summed E-state index contributed by atoms with van der Waals surface area (Å²) < 4.78 is 0. The van der Waals surface area contributed by atoms with E-state index in [1.54, 1.807) is 19.2 Å². The first-order valence-corrected chi connectivity index (χ1v) is 7.46. The Morgan fingerprint density at radius 3 is 2.50 bits per heavy atom. The topological polar surface area (TPSA) is 64.5 Å². The molecule has 22 heavy (non-hydrogen) atoms. The van der Waals surface area contributed by atoms with Gasteiger partial charge in [-0.2, -0.15) is 0 Å². The number of allylic oxidation sites excluding steroid dienone is 4. The summed E-state index contributed by atoms with van der Waals surface area (Å²) in [4.78, 5) is 0. The highest BCUT2D eigenvalue weighted by molar-refractivity contribution is 5.58. The highest BCUT2D eigenvalue weighted by Crippen LogP contribution is 2.34. The zero-order valence-corrected chi connectivity index (χ0v) is 13.6. The van der Waals surface area contributed by atoms with Gasteiger partial charge < -0.3 is 20.8 Å². The van der Waals surface area contributed by atoms with Crippen LogP contribution in [0.1, 0.15) is 31.7 Å². The molecule has 0 saturated heterocycles. The molecule has 1 aliphatic carbocycles. The minimum absolute atomic E-state index is 0.227. The third-order valence-electron chi connectivity index (χ3n) is 4.37. The van der Waals surface area contributed by atoms with Crippen LogP contribution < -0.4 is 10.6 Å². The second kappa shape index (κ2) is 6.60. The maximum Gasteiger partial charge on any atom is 0.138 e. The number of aromatic hydroxyl groups is 1. The van der Waals surface area contributed by atoms with Crippen molar-refractivity contribution in [3.8, 4) is 5.75 Å². The molecule has 0 amide bonds. The lowest BCUT2D eigenvalue weighted by Crippen LogP contribution is -2.13. The van der Waals surface area contributed by atoms with Gasteiger partial charge in [-0.25, -0.2) is 0 Å². The summed E-state index contributed by atoms with van der Waals surface area (Å²) in [6.45, 7) is 4.27. The molecule has 4 heteroatoms. The number of phenols is 1. The van der Waals surface area contributed by atoms with Gasteiger partial charge in [0.2, 0.25) is 0 Å². The molecule has 118 valence electrons. The van der Waals surface area contributed by atoms with Gasteiger partial charge >= 0.3 is 0 Å². The Bertz CT molecular complexity index is 657. The maximum absolute atomic E-state index is 9.79. The number of phenolic OH excluding ortho intramolecular Hbond substituents is 1. The monoisotopic (exact) mass is 300 g/mol. The van der Waals surface area contributed by atoms with Gasteiger partial charge in [0.25, 0.3) is 0 Å². The van der Waals surface area contributed by atoms with E-state index >= 15 is 0 Å². The molecule has 0 radical (unpaired) electrons. The second-order valence-corrected chi connectivity index (χ2v) is 5.58. The standard InChI is InChI=1S/C18H24N2O2/c1-11(13-5-7-17(21)15(9-13)19-3)12(2)14-6-8-18(22)16(10-14)20-4/h5-9,11,19-22H,10H2,1-4H3/b14-12+. The van der Waals surface area contributed by atoms with Gasteiger partial charge in [0.15, 0.2) is 0 Å². The summed E-state index contributed by atoms with van der Waals surface area (Å²) in [6.07, 6.45) is 4.41. The fourth-order valence-electron chi connectivity index (χ4n) is 2.66. The molecular weight excluding hydrogens is 276 g/mol. The molecule has 1 aliphatic rings. The number of rotatable bonds is 4. The molecule has 1 atom stereocenters. The van der Waals surface area contributed by atoms with Crippen LogP contribution >= 0.6 is 0 Å². The van der Waals surface area contributed by atoms with Gasteiger partial charge in [0, 0.05) is 26.4 Å². The number of hydrogen-bond acceptors (Lipinski definition) is 4. The van der Waals surface area contributed by atoms with Crippen molar-refractivity contribution >= 4 is 5.69 Å². The molecule has 0 heterocycles. The predicted octanol–water partition coefficient (Wildman–Crippen LogP) is 3.80. The summed E-state index contributed by atoms with van der Waals surface area (Å²) in [5, 5.41) is 25.6. The zero-order chi connectivity index (χ0) is 16.3. The lowest BCUT2D eigenvalue weighted by atomic mass is 9.87. The van der Waals surface area contributed by atoms with E-state index in [4.69, 9.17) is 0 Å². The number of aliphatic hydroxyl groups excluding tert-OH is 1. The average Bonchev–Trinajstić information content (AvgIpc) is 2.54. The summed E-state index contributed by atoms with van der Waals surface area (Å²) in [5.41, 5.74) is 5.17. The lowest BCUT2D eigenvalue weighted by Gasteiger charge is -2.21. The van der Waals surface area contributed by atoms with Gasteiger partial charge in [-0.1, -0.05) is 24.6 Å². The van der Waals surface area contributed by atoms with E-state index in [1.165, 1.54) is 11.1 Å². The van der Waals surface area contributed by atoms with E-state index in [-0.39, 0.29) is 11.7 Å². The summed E-state index contributed by atoms with van der Waals surface area (Å²) in [5.74, 6) is 0.783. The summed E-state index contributed by atoms with van der Waals surface area (Å²) in [7, 11) is 3.62. The van der Waals surface area contributed by atoms with Gasteiger partial charge in [-0.15, -0.1) is 0 Å². The molecule has 0 saturated carbocycles. The van der Waals surface area contributed by atoms with Crippen molar-refractivity contribution in [3.05, 3.63) is 58.5 Å². The van der Waals surface area contributed by atoms with E-state index in [0.717, 1.165) is 16.9 Å². The molecule has 4 nitrogen and oxygen atoms in total. The number of benzene rings is 1. The fraction of sp³-hybridized carbons (Fsp3) is 0.333. The van der Waals surface area contributed by atoms with Crippen LogP contribution in [0.2, 0.25) is 0 Å². The largest absolute Gasteiger partial charge is 0.506 e. The van der Waals surface area contributed by atoms with E-state index in [1.807, 2.05) is 25.3 Å². The van der Waals surface area contributed by atoms with E-state index < -0.39 is 0 Å². The summed E-state index contributed by atoms with van der Waals surface area (Å²) >= 11 is 0. The highest BCUT2D eigenvalue weighted by Gasteiger charge is 2.16. The van der Waals surface area contributed by atoms with Crippen LogP contribution in [0.5, 0.6) is 5.75 Å². The smallest absolute Gasteiger partial charge is 0.138 e. The van der Waals surface area contributed by atoms with Gasteiger partial charge in [0.1, 0.15) is 11.5 Å². The van der Waals surface area contributed by atoms with Crippen LogP contribution in [-0.4, -0.2) is 24.3 Å². The Morgan fingerprint density at radius 1 is 1.14 bits per heavy atom. The minimum atomic E-state index is 0.227. The van der Waals surface area contributed by atoms with Crippen LogP contribution in [0.4, 0.5) is 5.69 Å². The van der Waals surface area contributed by atoms with Gasteiger partial charge in [0.05, 0.1) is 11.4 Å². The molecule has 0 fully saturated rings. The van der Waals surface area contributed by atoms with Crippen molar-refractivity contribution in [2.24, 2.45) is 0 Å². The molecular formula is C18H24N2O2. The Labute approximate surface area is 131 Å². The van der Waals surface area contributed by atoms with Crippen LogP contribution in [-0.2, 0) is 0 Å². The van der Waals surface area contributed by atoms with Crippen molar-refractivity contribution in [1.29, 1.82) is 0 Å². The average molecular weight is 300 g/mol. The van der Waals surface area contributed by atoms with Crippen LogP contribution in [0.15, 0.2) is 53.0 Å². The Balaban J connectivity index is 2.32. The van der Waals surface area contributed by atoms with Crippen molar-refractivity contribution in [3.63, 3.8) is 0 Å². The Kier molecular flexibility index (Phi) is 4.81. The quantitative estimate of drug-likeness (QED) is 0.639. The van der Waals surface area contributed by atoms with Crippen LogP contribution in [0, 0.1) is 0 Å². The van der Waals surface area contributed by atoms with Crippen molar-refractivity contribution in [2.45, 2.75) is 26.2 Å². The lowest BCUT2D eigenvalue weighted by molar-refractivity contribution is 0.416. The number of nitrogens with one attached hydrogen (secondary N) is 2. The van der Waals surface area contributed by atoms with Gasteiger partial charge in [-0.3, -0.25) is 0 Å². The SMILES string of the molecule is CNC1=C(O)C=C/C(=C(/C)C(C)c2ccc(O)c(NC)c2)C1. The van der Waals surface area contributed by atoms with E-state index in [2.05, 4.69) is 24.5 Å². The molecule has 4 N–H and O–H groups in total. The first-order valence-electron chi connectivity index (χ1n) is 7.46. The van der Waals surface area contributed by atoms with E-state index in [9.17, 15) is 10.2 Å². The molecule has 1 aromatic carbocycles. The minimum Gasteiger partial charge on any atom is -0.506 e. The maximum atomic E-state index is 9.79. The van der Waals surface area contributed by atoms with E-state index in [0.29, 0.717) is 12.2 Å². The van der Waals surface area contributed by atoms with Crippen molar-refractivity contribution in [2.75, 3.05) is 19.4 Å². The van der Waals surface area contributed by atoms with Gasteiger partial charge in [-0.05, 0) is 36.3 Å². The number of anilines is 1. The highest BCUT2D eigenvalue weighted by atomic mass is 16.3. The Morgan fingerprint density at radius 2 is 1.86 bits per heavy atom. The van der Waals surface area contributed by atoms with Crippen molar-refractivity contribution in [1.82, 2.24) is 5.32 Å². The molecule has 1 aromatic rings. The molecule has 0 aliphatic heterocycles. The molecule has 2 rings (SSSR count). The fourth-order valence-corrected chi connectivity index (χ4v) is 2.66. The predicted molar refractivity (Wildman–Crippen MR) is 91.2 cm³/mol. The first-order chi connectivity index (χ1) is 10.5. The van der Waals surface area contributed by atoms with Crippen molar-refractivity contribution < 1.29 is 10.2 Å². The zero-order valence-electron chi connectivity index (χ0n) is 13.6. The Hall–Kier alpha value is -2.36. The molecule has 0 spiro atoms. The molecule has 0 aromatic heterocycles. The summed E-state index contributed by atoms with van der Waals surface area (Å²) in [6, 6.07) is 5.64. The number of hydrogen-bond donors (Lipinski definition) is 4. The third kappa shape index (κ3) is 3.11. The second-order valence-electron chi connectivity index (χ2n) is 5.58. The normalized spacial score (nSPS) is 18.2. The van der Waals surface area contributed by atoms with Crippen LogP contribution in [0.25, 0.3) is 0 Å². The first kappa shape index (κ1) is 16.0. The van der Waals surface area contributed by atoms with Crippen LogP contribution in [0.3, 0.4) is 0 Å².